The molecule has 8 unspecified atom stereocenters. The third-order valence-electron chi connectivity index (χ3n) is 24.7. The van der Waals surface area contributed by atoms with Crippen molar-refractivity contribution in [1.82, 2.24) is 0 Å². The molecule has 0 aromatic heterocycles. The molecule has 0 radical (unpaired) electrons. The zero-order valence-electron chi connectivity index (χ0n) is 53.0. The van der Waals surface area contributed by atoms with Crippen LogP contribution in [-0.2, 0) is 57.2 Å². The number of rotatable bonds is 20. The van der Waals surface area contributed by atoms with E-state index in [9.17, 15) is 28.8 Å². The van der Waals surface area contributed by atoms with Crippen molar-refractivity contribution in [3.63, 3.8) is 0 Å². The van der Waals surface area contributed by atoms with Crippen LogP contribution in [-0.4, -0.2) is 71.9 Å². The van der Waals surface area contributed by atoms with E-state index in [1.807, 2.05) is 62.3 Å². The number of ether oxygens (including phenoxy) is 6. The van der Waals surface area contributed by atoms with Crippen molar-refractivity contribution >= 4 is 35.8 Å². The zero-order valence-corrected chi connectivity index (χ0v) is 53.0. The summed E-state index contributed by atoms with van der Waals surface area (Å²) in [4.78, 5) is 74.3. The lowest BCUT2D eigenvalue weighted by Crippen LogP contribution is -2.59. The van der Waals surface area contributed by atoms with E-state index in [2.05, 4.69) is 41.5 Å². The second-order valence-electron chi connectivity index (χ2n) is 31.5. The van der Waals surface area contributed by atoms with Crippen LogP contribution in [0.5, 0.6) is 0 Å². The van der Waals surface area contributed by atoms with Crippen LogP contribution in [0.3, 0.4) is 0 Å². The van der Waals surface area contributed by atoms with Crippen LogP contribution in [0.4, 0.5) is 0 Å². The molecule has 0 heterocycles. The molecule has 0 aromatic carbocycles. The fraction of sp³-hybridized carbons (Fsp3) is 0.912. The highest BCUT2D eigenvalue weighted by Crippen LogP contribution is 2.71. The minimum Gasteiger partial charge on any atom is -0.457 e. The van der Waals surface area contributed by atoms with Gasteiger partial charge in [0.25, 0.3) is 0 Å². The lowest BCUT2D eigenvalue weighted by molar-refractivity contribution is -0.215. The Hall–Kier alpha value is -3.18. The van der Waals surface area contributed by atoms with Gasteiger partial charge in [0.05, 0.1) is 16.2 Å². The Morgan fingerprint density at radius 3 is 1.27 bits per heavy atom. The Balaban J connectivity index is 0.000000158. The monoisotopic (exact) mass is 1120 g/mol. The van der Waals surface area contributed by atoms with Crippen molar-refractivity contribution in [2.45, 2.75) is 275 Å². The molecule has 0 aromatic rings. The SMILES string of the molecule is CCC(C)(C)C(=O)OC(C)C(=O)OC(C)(C)C12CC3CC(CC(C3)C1)C2.CCC(C)(C)C(=O)OCC(=O)OC(C)(C)C1CC2CC1C1C3CCC(C3)C21.CCC(C)(C)C(=O)OCC(=O)OC(CC)(CC)C12CC3CC(CC(C3)C1)C2. The molecule has 454 valence electrons. The fourth-order valence-electron chi connectivity index (χ4n) is 19.7. The minimum atomic E-state index is -0.860. The summed E-state index contributed by atoms with van der Waals surface area (Å²) in [6.07, 6.45) is 25.1. The Bertz CT molecular complexity index is 2190. The van der Waals surface area contributed by atoms with Crippen LogP contribution < -0.4 is 0 Å². The molecule has 12 bridgehead atoms. The Labute approximate surface area is 483 Å². The third-order valence-corrected chi connectivity index (χ3v) is 24.7. The van der Waals surface area contributed by atoms with Gasteiger partial charge in [-0.1, -0.05) is 34.6 Å². The smallest absolute Gasteiger partial charge is 0.347 e. The second-order valence-corrected chi connectivity index (χ2v) is 31.5. The normalized spacial score (nSPS) is 35.5. The summed E-state index contributed by atoms with van der Waals surface area (Å²) in [6.45, 7) is 30.6. The van der Waals surface area contributed by atoms with Gasteiger partial charge in [0.2, 0.25) is 0 Å². The molecule has 12 saturated carbocycles. The van der Waals surface area contributed by atoms with Crippen molar-refractivity contribution < 1.29 is 57.2 Å². The van der Waals surface area contributed by atoms with Gasteiger partial charge in [-0.05, 0) is 288 Å². The van der Waals surface area contributed by atoms with Gasteiger partial charge >= 0.3 is 35.8 Å². The van der Waals surface area contributed by atoms with Gasteiger partial charge in [-0.3, -0.25) is 14.4 Å². The molecule has 80 heavy (non-hydrogen) atoms. The van der Waals surface area contributed by atoms with Crippen LogP contribution in [0.15, 0.2) is 0 Å². The van der Waals surface area contributed by atoms with Crippen LogP contribution >= 0.6 is 0 Å². The van der Waals surface area contributed by atoms with Crippen molar-refractivity contribution in [2.24, 2.45) is 104 Å². The summed E-state index contributed by atoms with van der Waals surface area (Å²) in [5, 5.41) is 0. The zero-order chi connectivity index (χ0) is 58.8. The average molecular weight is 1120 g/mol. The maximum absolute atomic E-state index is 12.7. The molecule has 0 aliphatic heterocycles. The summed E-state index contributed by atoms with van der Waals surface area (Å²) < 4.78 is 34.0. The van der Waals surface area contributed by atoms with Crippen LogP contribution in [0, 0.1) is 104 Å². The molecule has 8 atom stereocenters. The highest BCUT2D eigenvalue weighted by Gasteiger charge is 2.65. The van der Waals surface area contributed by atoms with Gasteiger partial charge in [-0.25, -0.2) is 14.4 Å². The predicted octanol–water partition coefficient (Wildman–Crippen LogP) is 14.8. The predicted molar refractivity (Wildman–Crippen MR) is 308 cm³/mol. The first-order valence-corrected chi connectivity index (χ1v) is 32.5. The van der Waals surface area contributed by atoms with Crippen LogP contribution in [0.25, 0.3) is 0 Å². The molecular formula is C68H110O12. The molecule has 12 rings (SSSR count). The summed E-state index contributed by atoms with van der Waals surface area (Å²) in [5.74, 6) is 8.47. The highest BCUT2D eigenvalue weighted by atomic mass is 16.6. The van der Waals surface area contributed by atoms with Crippen LogP contribution in [0.1, 0.15) is 252 Å². The first-order chi connectivity index (χ1) is 37.3. The number of hydrogen-bond acceptors (Lipinski definition) is 12. The molecule has 12 heteroatoms. The van der Waals surface area contributed by atoms with Crippen molar-refractivity contribution in [3.05, 3.63) is 0 Å². The van der Waals surface area contributed by atoms with Crippen LogP contribution in [0.2, 0.25) is 0 Å². The van der Waals surface area contributed by atoms with E-state index < -0.39 is 51.1 Å². The molecule has 12 aliphatic rings. The molecule has 12 fully saturated rings. The quantitative estimate of drug-likeness (QED) is 0.0646. The maximum atomic E-state index is 12.7. The van der Waals surface area contributed by atoms with Gasteiger partial charge in [0.15, 0.2) is 19.3 Å². The maximum Gasteiger partial charge on any atom is 0.347 e. The highest BCUT2D eigenvalue weighted by molar-refractivity contribution is 5.82. The molecule has 0 N–H and O–H groups in total. The largest absolute Gasteiger partial charge is 0.457 e. The third kappa shape index (κ3) is 12.3. The van der Waals surface area contributed by atoms with Crippen molar-refractivity contribution in [1.29, 1.82) is 0 Å². The summed E-state index contributed by atoms with van der Waals surface area (Å²) in [6, 6.07) is 0. The van der Waals surface area contributed by atoms with Crippen molar-refractivity contribution in [3.8, 4) is 0 Å². The number of esters is 6. The van der Waals surface area contributed by atoms with E-state index in [4.69, 9.17) is 28.4 Å². The summed E-state index contributed by atoms with van der Waals surface area (Å²) in [5.41, 5.74) is -2.87. The molecule has 12 nitrogen and oxygen atoms in total. The number of carbonyl (C=O) groups excluding carboxylic acids is 6. The number of carbonyl (C=O) groups is 6. The van der Waals surface area contributed by atoms with Crippen molar-refractivity contribution in [2.75, 3.05) is 13.2 Å². The molecule has 0 amide bonds. The molecule has 12 aliphatic carbocycles. The van der Waals surface area contributed by atoms with Gasteiger partial charge in [-0.15, -0.1) is 0 Å². The van der Waals surface area contributed by atoms with E-state index in [1.165, 1.54) is 109 Å². The molecule has 0 saturated heterocycles. The van der Waals surface area contributed by atoms with E-state index >= 15 is 0 Å². The lowest BCUT2D eigenvalue weighted by atomic mass is 9.44. The first-order valence-electron chi connectivity index (χ1n) is 32.5. The molecular weight excluding hydrogens is 1010 g/mol. The topological polar surface area (TPSA) is 158 Å². The Morgan fingerprint density at radius 1 is 0.450 bits per heavy atom. The van der Waals surface area contributed by atoms with E-state index in [1.54, 1.807) is 6.92 Å². The number of hydrogen-bond donors (Lipinski definition) is 0. The van der Waals surface area contributed by atoms with E-state index in [-0.39, 0.29) is 47.9 Å². The van der Waals surface area contributed by atoms with Gasteiger partial charge < -0.3 is 28.4 Å². The lowest BCUT2D eigenvalue weighted by Gasteiger charge is -2.63. The first kappa shape index (κ1) is 62.9. The number of fused-ring (bicyclic) bond motifs is 9. The summed E-state index contributed by atoms with van der Waals surface area (Å²) >= 11 is 0. The molecule has 0 spiro atoms. The second kappa shape index (κ2) is 23.4. The van der Waals surface area contributed by atoms with E-state index in [0.717, 1.165) is 83.9 Å². The minimum absolute atomic E-state index is 0.101. The van der Waals surface area contributed by atoms with Gasteiger partial charge in [-0.2, -0.15) is 0 Å². The standard InChI is InChI=1S/C23H36O4.C23H38O4.C22H36O4/c1-6-22(2,3)21(25)26-12-18(24)27-23(4,5)17-11-15-10-16(17)20-14-8-7-13(9-14)19(15)20;1-6-21(4,5)20(25)26-15-19(24)27-23(7-2,8-3)22-12-16-9-17(13-22)11-18(10-16)14-22;1-7-20(3,4)19(24)25-14(2)18(23)26-21(5,6)22-11-15-8-16(12-22)10-17(9-15)13-22/h13-17,19-20H,6-12H2,1-5H3;16-18H,6-15H2,1-5H3;14-17H,7-13H2,1-6H3. The Morgan fingerprint density at radius 2 is 0.850 bits per heavy atom. The average Bonchev–Trinajstić information content (AvgIpc) is 4.31. The van der Waals surface area contributed by atoms with Gasteiger partial charge in [0, 0.05) is 16.7 Å². The summed E-state index contributed by atoms with van der Waals surface area (Å²) in [7, 11) is 0. The fourth-order valence-corrected chi connectivity index (χ4v) is 19.7. The van der Waals surface area contributed by atoms with Gasteiger partial charge in [0.1, 0.15) is 16.8 Å². The Kier molecular flexibility index (Phi) is 18.3. The van der Waals surface area contributed by atoms with E-state index in [0.29, 0.717) is 25.2 Å².